The van der Waals surface area contributed by atoms with E-state index in [1.54, 1.807) is 47.2 Å². The molecule has 1 aliphatic rings. The summed E-state index contributed by atoms with van der Waals surface area (Å²) in [6.45, 7) is 1.68. The summed E-state index contributed by atoms with van der Waals surface area (Å²) in [6.07, 6.45) is -0.552. The van der Waals surface area contributed by atoms with Gasteiger partial charge in [0, 0.05) is 5.69 Å². The van der Waals surface area contributed by atoms with E-state index in [9.17, 15) is 9.59 Å². The smallest absolute Gasteiger partial charge is 0.274 e. The molecule has 2 N–H and O–H groups in total. The topological polar surface area (TPSA) is 85.2 Å². The molecule has 0 bridgehead atoms. The Bertz CT molecular complexity index is 1270. The number of para-hydroxylation sites is 1. The molecule has 2 aromatic heterocycles. The number of rotatable bonds is 4. The van der Waals surface area contributed by atoms with Crippen molar-refractivity contribution in [1.29, 1.82) is 0 Å². The van der Waals surface area contributed by atoms with Crippen LogP contribution in [-0.2, 0) is 4.79 Å². The predicted octanol–water partition coefficient (Wildman–Crippen LogP) is 4.57. The fourth-order valence-electron chi connectivity index (χ4n) is 3.34. The van der Waals surface area contributed by atoms with E-state index in [4.69, 9.17) is 4.74 Å². The molecular formula is C23H18N4O3S. The first-order valence-corrected chi connectivity index (χ1v) is 10.6. The molecule has 1 atom stereocenters. The van der Waals surface area contributed by atoms with Crippen molar-refractivity contribution < 1.29 is 14.3 Å². The molecule has 1 aliphatic heterocycles. The van der Waals surface area contributed by atoms with Gasteiger partial charge in [0.1, 0.15) is 17.1 Å². The summed E-state index contributed by atoms with van der Waals surface area (Å²) in [6, 6.07) is 20.4. The van der Waals surface area contributed by atoms with Crippen LogP contribution in [0, 0.1) is 0 Å². The first kappa shape index (κ1) is 19.1. The molecule has 7 nitrogen and oxygen atoms in total. The Kier molecular flexibility index (Phi) is 4.76. The van der Waals surface area contributed by atoms with Gasteiger partial charge in [-0.1, -0.05) is 24.3 Å². The molecule has 0 saturated heterocycles. The molecule has 0 spiro atoms. The van der Waals surface area contributed by atoms with Crippen LogP contribution in [0.3, 0.4) is 0 Å². The Labute approximate surface area is 182 Å². The third kappa shape index (κ3) is 3.69. The number of carbonyl (C=O) groups is 2. The summed E-state index contributed by atoms with van der Waals surface area (Å²) in [5.41, 5.74) is 2.98. The molecule has 0 saturated carbocycles. The molecule has 8 heteroatoms. The van der Waals surface area contributed by atoms with Gasteiger partial charge in [-0.25, -0.2) is 4.68 Å². The minimum Gasteiger partial charge on any atom is -0.479 e. The number of nitrogens with one attached hydrogen (secondary N) is 2. The highest BCUT2D eigenvalue weighted by atomic mass is 32.1. The highest BCUT2D eigenvalue weighted by molar-refractivity contribution is 7.13. The summed E-state index contributed by atoms with van der Waals surface area (Å²) in [7, 11) is 0. The lowest BCUT2D eigenvalue weighted by Gasteiger charge is -2.23. The maximum Gasteiger partial charge on any atom is 0.274 e. The third-order valence-corrected chi connectivity index (χ3v) is 5.78. The summed E-state index contributed by atoms with van der Waals surface area (Å²) < 4.78 is 7.21. The fraction of sp³-hybridized carbons (Fsp3) is 0.0870. The highest BCUT2D eigenvalue weighted by Crippen LogP contribution is 2.32. The maximum atomic E-state index is 13.2. The van der Waals surface area contributed by atoms with Crippen LogP contribution >= 0.6 is 11.3 Å². The van der Waals surface area contributed by atoms with Crippen molar-refractivity contribution >= 4 is 34.5 Å². The number of fused-ring (bicyclic) bond motifs is 1. The second-order valence-electron chi connectivity index (χ2n) is 7.05. The van der Waals surface area contributed by atoms with Gasteiger partial charge < -0.3 is 15.4 Å². The van der Waals surface area contributed by atoms with Crippen molar-refractivity contribution in [3.63, 3.8) is 0 Å². The van der Waals surface area contributed by atoms with Gasteiger partial charge in [0.15, 0.2) is 6.10 Å². The number of nitrogens with zero attached hydrogens (tertiary/aromatic N) is 2. The van der Waals surface area contributed by atoms with Crippen molar-refractivity contribution in [1.82, 2.24) is 9.78 Å². The number of carbonyl (C=O) groups excluding carboxylic acids is 2. The van der Waals surface area contributed by atoms with Crippen LogP contribution in [0.25, 0.3) is 16.3 Å². The Balaban J connectivity index is 1.48. The lowest BCUT2D eigenvalue weighted by Crippen LogP contribution is -2.34. The number of ether oxygens (including phenoxy) is 1. The molecule has 31 heavy (non-hydrogen) atoms. The first-order chi connectivity index (χ1) is 15.1. The van der Waals surface area contributed by atoms with Gasteiger partial charge >= 0.3 is 0 Å². The molecule has 5 rings (SSSR count). The summed E-state index contributed by atoms with van der Waals surface area (Å²) in [5.74, 6) is 0.0358. The van der Waals surface area contributed by atoms with Crippen LogP contribution in [0.1, 0.15) is 17.4 Å². The summed E-state index contributed by atoms with van der Waals surface area (Å²) >= 11 is 1.56. The van der Waals surface area contributed by atoms with E-state index < -0.39 is 6.10 Å². The van der Waals surface area contributed by atoms with Crippen molar-refractivity contribution in [3.05, 3.63) is 77.8 Å². The van der Waals surface area contributed by atoms with Crippen molar-refractivity contribution in [2.75, 3.05) is 10.6 Å². The first-order valence-electron chi connectivity index (χ1n) is 9.71. The van der Waals surface area contributed by atoms with E-state index in [0.29, 0.717) is 22.8 Å². The number of hydrogen-bond donors (Lipinski definition) is 2. The minimum absolute atomic E-state index is 0.223. The molecular weight excluding hydrogens is 412 g/mol. The zero-order valence-electron chi connectivity index (χ0n) is 16.5. The van der Waals surface area contributed by atoms with Crippen LogP contribution in [-0.4, -0.2) is 27.7 Å². The Morgan fingerprint density at radius 1 is 1.13 bits per heavy atom. The number of benzene rings is 2. The molecule has 2 aromatic carbocycles. The summed E-state index contributed by atoms with van der Waals surface area (Å²) in [5, 5.41) is 12.3. The lowest BCUT2D eigenvalue weighted by atomic mass is 10.2. The second kappa shape index (κ2) is 7.73. The molecule has 0 aliphatic carbocycles. The van der Waals surface area contributed by atoms with E-state index in [1.807, 2.05) is 47.8 Å². The number of thiophene rings is 1. The monoisotopic (exact) mass is 430 g/mol. The van der Waals surface area contributed by atoms with Gasteiger partial charge in [0.25, 0.3) is 11.8 Å². The SMILES string of the molecule is C[C@@H]1Oc2ccc(NC(=O)c3cc(-c4cccs4)nn3-c3ccccc3)cc2NC1=O. The van der Waals surface area contributed by atoms with Crippen LogP contribution in [0.5, 0.6) is 5.75 Å². The molecule has 0 radical (unpaired) electrons. The van der Waals surface area contributed by atoms with Crippen molar-refractivity contribution in [3.8, 4) is 22.0 Å². The van der Waals surface area contributed by atoms with E-state index in [0.717, 1.165) is 16.3 Å². The van der Waals surface area contributed by atoms with Crippen LogP contribution in [0.4, 0.5) is 11.4 Å². The predicted molar refractivity (Wildman–Crippen MR) is 120 cm³/mol. The van der Waals surface area contributed by atoms with E-state index >= 15 is 0 Å². The Hall–Kier alpha value is -3.91. The number of hydrogen-bond acceptors (Lipinski definition) is 5. The lowest BCUT2D eigenvalue weighted by molar-refractivity contribution is -0.122. The Morgan fingerprint density at radius 2 is 1.97 bits per heavy atom. The number of amides is 2. The van der Waals surface area contributed by atoms with Gasteiger partial charge in [0.2, 0.25) is 0 Å². The standard InChI is InChI=1S/C23H18N4O3S/c1-14-22(28)25-17-12-15(9-10-20(17)30-14)24-23(29)19-13-18(21-8-5-11-31-21)26-27(19)16-6-3-2-4-7-16/h2-14H,1H3,(H,24,29)(H,25,28)/t14-/m0/s1. The van der Waals surface area contributed by atoms with Crippen LogP contribution in [0.15, 0.2) is 72.1 Å². The third-order valence-electron chi connectivity index (χ3n) is 4.88. The van der Waals surface area contributed by atoms with E-state index in [1.165, 1.54) is 0 Å². The molecule has 4 aromatic rings. The summed E-state index contributed by atoms with van der Waals surface area (Å²) in [4.78, 5) is 26.1. The van der Waals surface area contributed by atoms with Gasteiger partial charge in [-0.15, -0.1) is 11.3 Å². The molecule has 154 valence electrons. The van der Waals surface area contributed by atoms with Gasteiger partial charge in [-0.2, -0.15) is 5.10 Å². The molecule has 3 heterocycles. The zero-order valence-corrected chi connectivity index (χ0v) is 17.3. The van der Waals surface area contributed by atoms with Crippen molar-refractivity contribution in [2.24, 2.45) is 0 Å². The average molecular weight is 430 g/mol. The molecule has 0 fully saturated rings. The van der Waals surface area contributed by atoms with Crippen molar-refractivity contribution in [2.45, 2.75) is 13.0 Å². The molecule has 2 amide bonds. The van der Waals surface area contributed by atoms with Crippen LogP contribution in [0.2, 0.25) is 0 Å². The second-order valence-corrected chi connectivity index (χ2v) is 8.00. The number of anilines is 2. The Morgan fingerprint density at radius 3 is 2.74 bits per heavy atom. The van der Waals surface area contributed by atoms with Crippen LogP contribution < -0.4 is 15.4 Å². The maximum absolute atomic E-state index is 13.2. The fourth-order valence-corrected chi connectivity index (χ4v) is 4.02. The molecule has 0 unspecified atom stereocenters. The van der Waals surface area contributed by atoms with Gasteiger partial charge in [0.05, 0.1) is 16.3 Å². The zero-order chi connectivity index (χ0) is 21.4. The quantitative estimate of drug-likeness (QED) is 0.497. The van der Waals surface area contributed by atoms with Gasteiger partial charge in [-0.05, 0) is 54.8 Å². The van der Waals surface area contributed by atoms with Gasteiger partial charge in [-0.3, -0.25) is 9.59 Å². The largest absolute Gasteiger partial charge is 0.479 e. The number of aromatic nitrogens is 2. The highest BCUT2D eigenvalue weighted by Gasteiger charge is 2.24. The average Bonchev–Trinajstić information content (AvgIpc) is 3.45. The normalized spacial score (nSPS) is 15.0. The van der Waals surface area contributed by atoms with E-state index in [-0.39, 0.29) is 11.8 Å². The minimum atomic E-state index is -0.552. The van der Waals surface area contributed by atoms with E-state index in [2.05, 4.69) is 15.7 Å².